The maximum absolute atomic E-state index is 12.7. The second kappa shape index (κ2) is 5.04. The summed E-state index contributed by atoms with van der Waals surface area (Å²) in [7, 11) is 1.21. The van der Waals surface area contributed by atoms with Gasteiger partial charge in [0.2, 0.25) is 0 Å². The minimum absolute atomic E-state index is 0.0545. The molecule has 1 heterocycles. The van der Waals surface area contributed by atoms with Crippen LogP contribution < -0.4 is 5.32 Å². The second-order valence-corrected chi connectivity index (χ2v) is 2.65. The Morgan fingerprint density at radius 1 is 1.53 bits per heavy atom. The molecule has 0 fully saturated rings. The molecule has 0 aromatic carbocycles. The van der Waals surface area contributed by atoms with Gasteiger partial charge in [0.1, 0.15) is 12.4 Å². The van der Waals surface area contributed by atoms with Gasteiger partial charge < -0.3 is 10.1 Å². The van der Waals surface area contributed by atoms with Crippen LogP contribution in [0.1, 0.15) is 10.4 Å². The lowest BCUT2D eigenvalue weighted by molar-refractivity contribution is -0.139. The van der Waals surface area contributed by atoms with Crippen LogP contribution in [-0.2, 0) is 9.53 Å². The minimum atomic E-state index is -0.610. The molecule has 1 amide bonds. The number of amides is 1. The number of rotatable bonds is 3. The maximum Gasteiger partial charge on any atom is 0.325 e. The first-order valence-electron chi connectivity index (χ1n) is 4.09. The molecule has 0 atom stereocenters. The molecule has 1 aromatic rings. The summed E-state index contributed by atoms with van der Waals surface area (Å²) in [5.74, 6) is -1.76. The highest BCUT2D eigenvalue weighted by Gasteiger charge is 2.08. The van der Waals surface area contributed by atoms with E-state index in [1.165, 1.54) is 13.3 Å². The lowest BCUT2D eigenvalue weighted by atomic mass is 10.2. The molecule has 0 radical (unpaired) electrons. The van der Waals surface area contributed by atoms with Crippen LogP contribution in [0.2, 0.25) is 0 Å². The molecule has 0 saturated heterocycles. The van der Waals surface area contributed by atoms with Gasteiger partial charge in [-0.25, -0.2) is 4.39 Å². The normalized spacial score (nSPS) is 9.47. The lowest BCUT2D eigenvalue weighted by Crippen LogP contribution is -2.30. The predicted octanol–water partition coefficient (Wildman–Crippen LogP) is 0.123. The third kappa shape index (κ3) is 3.34. The molecule has 1 aromatic heterocycles. The van der Waals surface area contributed by atoms with Crippen LogP contribution in [0.5, 0.6) is 0 Å². The van der Waals surface area contributed by atoms with Gasteiger partial charge >= 0.3 is 5.97 Å². The summed E-state index contributed by atoms with van der Waals surface area (Å²) in [5.41, 5.74) is 0.0545. The first kappa shape index (κ1) is 11.1. The Morgan fingerprint density at radius 3 is 2.87 bits per heavy atom. The number of ether oxygens (including phenoxy) is 1. The number of nitrogens with zero attached hydrogens (tertiary/aromatic N) is 1. The highest BCUT2D eigenvalue weighted by molar-refractivity contribution is 5.95. The fourth-order valence-electron chi connectivity index (χ4n) is 0.863. The highest BCUT2D eigenvalue weighted by atomic mass is 19.1. The van der Waals surface area contributed by atoms with Crippen LogP contribution in [0.4, 0.5) is 4.39 Å². The van der Waals surface area contributed by atoms with Crippen molar-refractivity contribution in [3.05, 3.63) is 29.8 Å². The van der Waals surface area contributed by atoms with Crippen LogP contribution in [-0.4, -0.2) is 30.5 Å². The van der Waals surface area contributed by atoms with E-state index in [2.05, 4.69) is 15.0 Å². The molecule has 1 rings (SSSR count). The van der Waals surface area contributed by atoms with Crippen molar-refractivity contribution < 1.29 is 18.7 Å². The van der Waals surface area contributed by atoms with E-state index >= 15 is 0 Å². The van der Waals surface area contributed by atoms with Crippen molar-refractivity contribution in [3.63, 3.8) is 0 Å². The molecule has 0 unspecified atom stereocenters. The molecule has 1 N–H and O–H groups in total. The van der Waals surface area contributed by atoms with Crippen molar-refractivity contribution >= 4 is 11.9 Å². The first-order valence-corrected chi connectivity index (χ1v) is 4.09. The number of esters is 1. The Bertz CT molecular complexity index is 381. The van der Waals surface area contributed by atoms with E-state index in [9.17, 15) is 14.0 Å². The van der Waals surface area contributed by atoms with E-state index in [4.69, 9.17) is 0 Å². The molecule has 0 spiro atoms. The van der Waals surface area contributed by atoms with E-state index in [0.717, 1.165) is 12.3 Å². The number of nitrogens with one attached hydrogen (secondary N) is 1. The monoisotopic (exact) mass is 212 g/mol. The molecular weight excluding hydrogens is 203 g/mol. The molecule has 80 valence electrons. The summed E-state index contributed by atoms with van der Waals surface area (Å²) in [6, 6.07) is 1.03. The summed E-state index contributed by atoms with van der Waals surface area (Å²) in [5, 5.41) is 2.26. The molecule has 6 heteroatoms. The van der Waals surface area contributed by atoms with Crippen molar-refractivity contribution in [1.82, 2.24) is 10.3 Å². The Morgan fingerprint density at radius 2 is 2.27 bits per heavy atom. The van der Waals surface area contributed by atoms with E-state index < -0.39 is 17.7 Å². The van der Waals surface area contributed by atoms with E-state index in [1.807, 2.05) is 0 Å². The summed E-state index contributed by atoms with van der Waals surface area (Å²) in [6.45, 7) is -0.258. The van der Waals surface area contributed by atoms with Crippen LogP contribution in [0.25, 0.3) is 0 Å². The van der Waals surface area contributed by atoms with Gasteiger partial charge in [0.15, 0.2) is 0 Å². The molecular formula is C9H9FN2O3. The third-order valence-electron chi connectivity index (χ3n) is 1.59. The van der Waals surface area contributed by atoms with Gasteiger partial charge in [-0.15, -0.1) is 0 Å². The summed E-state index contributed by atoms with van der Waals surface area (Å²) < 4.78 is 17.0. The molecule has 5 nitrogen and oxygen atoms in total. The predicted molar refractivity (Wildman–Crippen MR) is 48.5 cm³/mol. The van der Waals surface area contributed by atoms with Crippen molar-refractivity contribution in [3.8, 4) is 0 Å². The average Bonchev–Trinajstić information content (AvgIpc) is 2.25. The smallest absolute Gasteiger partial charge is 0.325 e. The minimum Gasteiger partial charge on any atom is -0.468 e. The number of hydrogen-bond acceptors (Lipinski definition) is 4. The van der Waals surface area contributed by atoms with E-state index in [-0.39, 0.29) is 12.1 Å². The summed E-state index contributed by atoms with van der Waals surface area (Å²) in [6.07, 6.45) is 2.19. The van der Waals surface area contributed by atoms with Gasteiger partial charge in [0, 0.05) is 6.20 Å². The zero-order chi connectivity index (χ0) is 11.3. The van der Waals surface area contributed by atoms with Gasteiger partial charge in [-0.2, -0.15) is 0 Å². The quantitative estimate of drug-likeness (QED) is 0.723. The number of aromatic nitrogens is 1. The fourth-order valence-corrected chi connectivity index (χ4v) is 0.863. The number of methoxy groups -OCH3 is 1. The Balaban J connectivity index is 2.58. The summed E-state index contributed by atoms with van der Waals surface area (Å²) in [4.78, 5) is 25.5. The summed E-state index contributed by atoms with van der Waals surface area (Å²) >= 11 is 0. The van der Waals surface area contributed by atoms with E-state index in [1.54, 1.807) is 0 Å². The van der Waals surface area contributed by atoms with Gasteiger partial charge in [-0.1, -0.05) is 0 Å². The van der Waals surface area contributed by atoms with Gasteiger partial charge in [0.25, 0.3) is 5.91 Å². The first-order chi connectivity index (χ1) is 7.13. The SMILES string of the molecule is COC(=O)CNC(=O)c1cncc(F)c1. The average molecular weight is 212 g/mol. The van der Waals surface area contributed by atoms with Gasteiger partial charge in [0.05, 0.1) is 18.9 Å². The zero-order valence-corrected chi connectivity index (χ0v) is 7.99. The molecule has 15 heavy (non-hydrogen) atoms. The molecule has 0 aliphatic carbocycles. The highest BCUT2D eigenvalue weighted by Crippen LogP contribution is 1.99. The van der Waals surface area contributed by atoms with Gasteiger partial charge in [-0.05, 0) is 6.07 Å². The fraction of sp³-hybridized carbons (Fsp3) is 0.222. The van der Waals surface area contributed by atoms with Crippen molar-refractivity contribution in [1.29, 1.82) is 0 Å². The van der Waals surface area contributed by atoms with Crippen molar-refractivity contribution in [2.24, 2.45) is 0 Å². The number of halogens is 1. The standard InChI is InChI=1S/C9H9FN2O3/c1-15-8(13)5-12-9(14)6-2-7(10)4-11-3-6/h2-4H,5H2,1H3,(H,12,14). The Labute approximate surface area is 85.3 Å². The molecule has 0 aliphatic rings. The second-order valence-electron chi connectivity index (χ2n) is 2.65. The van der Waals surface area contributed by atoms with Crippen LogP contribution in [0.15, 0.2) is 18.5 Å². The van der Waals surface area contributed by atoms with Gasteiger partial charge in [-0.3, -0.25) is 14.6 Å². The van der Waals surface area contributed by atoms with E-state index in [0.29, 0.717) is 0 Å². The Kier molecular flexibility index (Phi) is 3.73. The maximum atomic E-state index is 12.7. The molecule has 0 aliphatic heterocycles. The third-order valence-corrected chi connectivity index (χ3v) is 1.59. The Hall–Kier alpha value is -1.98. The van der Waals surface area contributed by atoms with Crippen molar-refractivity contribution in [2.75, 3.05) is 13.7 Å². The number of pyridine rings is 1. The number of hydrogen-bond donors (Lipinski definition) is 1. The molecule has 0 bridgehead atoms. The van der Waals surface area contributed by atoms with Crippen LogP contribution in [0, 0.1) is 5.82 Å². The molecule has 0 saturated carbocycles. The topological polar surface area (TPSA) is 68.3 Å². The largest absolute Gasteiger partial charge is 0.468 e. The van der Waals surface area contributed by atoms with Crippen LogP contribution >= 0.6 is 0 Å². The zero-order valence-electron chi connectivity index (χ0n) is 7.99. The van der Waals surface area contributed by atoms with Crippen molar-refractivity contribution in [2.45, 2.75) is 0 Å². The number of carbonyl (C=O) groups excluding carboxylic acids is 2. The lowest BCUT2D eigenvalue weighted by Gasteiger charge is -2.02. The number of carbonyl (C=O) groups is 2. The van der Waals surface area contributed by atoms with Crippen LogP contribution in [0.3, 0.4) is 0 Å².